The average Bonchev–Trinajstić information content (AvgIpc) is 2.34. The molecule has 0 aromatic carbocycles. The summed E-state index contributed by atoms with van der Waals surface area (Å²) in [7, 11) is 0. The van der Waals surface area contributed by atoms with Gasteiger partial charge in [-0.2, -0.15) is 0 Å². The van der Waals surface area contributed by atoms with Crippen molar-refractivity contribution in [2.75, 3.05) is 13.1 Å². The Kier molecular flexibility index (Phi) is 5.41. The number of aliphatic carboxylic acids is 1. The van der Waals surface area contributed by atoms with Gasteiger partial charge >= 0.3 is 5.97 Å². The first-order valence-electron chi connectivity index (χ1n) is 6.20. The Balaban J connectivity index is 2.80. The molecule has 1 heterocycles. The molecule has 0 aliphatic heterocycles. The Morgan fingerprint density at radius 2 is 2.00 bits per heavy atom. The summed E-state index contributed by atoms with van der Waals surface area (Å²) in [5.41, 5.74) is 0.981. The normalized spacial score (nSPS) is 10.5. The van der Waals surface area contributed by atoms with Gasteiger partial charge in [-0.3, -0.25) is 14.6 Å². The number of rotatable bonds is 6. The van der Waals surface area contributed by atoms with Gasteiger partial charge < -0.3 is 10.0 Å². The second-order valence-electron chi connectivity index (χ2n) is 4.83. The smallest absolute Gasteiger partial charge is 0.305 e. The van der Waals surface area contributed by atoms with Crippen molar-refractivity contribution in [2.24, 2.45) is 5.92 Å². The second-order valence-corrected chi connectivity index (χ2v) is 4.83. The van der Waals surface area contributed by atoms with Gasteiger partial charge in [-0.15, -0.1) is 0 Å². The highest BCUT2D eigenvalue weighted by Crippen LogP contribution is 2.06. The molecule has 0 saturated heterocycles. The molecule has 0 aliphatic carbocycles. The molecule has 6 nitrogen and oxygen atoms in total. The van der Waals surface area contributed by atoms with E-state index in [1.807, 2.05) is 13.8 Å². The number of hydrogen-bond acceptors (Lipinski definition) is 4. The third-order valence-corrected chi connectivity index (χ3v) is 2.47. The first-order valence-corrected chi connectivity index (χ1v) is 6.20. The number of carbonyl (C=O) groups excluding carboxylic acids is 1. The topological polar surface area (TPSA) is 83.4 Å². The molecular formula is C13H19N3O3. The Morgan fingerprint density at radius 1 is 1.32 bits per heavy atom. The highest BCUT2D eigenvalue weighted by Gasteiger charge is 2.19. The number of aromatic nitrogens is 2. The van der Waals surface area contributed by atoms with Gasteiger partial charge in [0.2, 0.25) is 0 Å². The summed E-state index contributed by atoms with van der Waals surface area (Å²) < 4.78 is 0. The van der Waals surface area contributed by atoms with Crippen LogP contribution in [0.5, 0.6) is 0 Å². The summed E-state index contributed by atoms with van der Waals surface area (Å²) in [6.45, 7) is 6.42. The minimum Gasteiger partial charge on any atom is -0.481 e. The van der Waals surface area contributed by atoms with Crippen molar-refractivity contribution in [1.82, 2.24) is 14.9 Å². The third kappa shape index (κ3) is 5.03. The van der Waals surface area contributed by atoms with Crippen molar-refractivity contribution in [2.45, 2.75) is 27.2 Å². The average molecular weight is 265 g/mol. The first-order chi connectivity index (χ1) is 8.90. The van der Waals surface area contributed by atoms with Gasteiger partial charge in [-0.25, -0.2) is 4.98 Å². The molecule has 0 atom stereocenters. The number of amides is 1. The van der Waals surface area contributed by atoms with Crippen LogP contribution >= 0.6 is 0 Å². The van der Waals surface area contributed by atoms with Crippen LogP contribution in [0, 0.1) is 12.8 Å². The molecule has 0 radical (unpaired) electrons. The summed E-state index contributed by atoms with van der Waals surface area (Å²) in [5.74, 6) is -0.935. The van der Waals surface area contributed by atoms with Crippen LogP contribution in [0.15, 0.2) is 12.4 Å². The van der Waals surface area contributed by atoms with E-state index in [1.54, 1.807) is 6.92 Å². The standard InChI is InChI=1S/C13H19N3O3/c1-9(2)8-16(5-4-12(17)18)13(19)11-7-14-10(3)6-15-11/h6-7,9H,4-5,8H2,1-3H3,(H,17,18). The highest BCUT2D eigenvalue weighted by molar-refractivity contribution is 5.92. The van der Waals surface area contributed by atoms with Crippen molar-refractivity contribution in [3.63, 3.8) is 0 Å². The van der Waals surface area contributed by atoms with E-state index in [4.69, 9.17) is 5.11 Å². The molecule has 1 amide bonds. The van der Waals surface area contributed by atoms with Crippen molar-refractivity contribution >= 4 is 11.9 Å². The molecule has 0 bridgehead atoms. The van der Waals surface area contributed by atoms with Crippen LogP contribution in [-0.4, -0.2) is 44.9 Å². The fourth-order valence-corrected chi connectivity index (χ4v) is 1.61. The minimum atomic E-state index is -0.920. The molecule has 0 unspecified atom stereocenters. The van der Waals surface area contributed by atoms with Gasteiger partial charge in [0.15, 0.2) is 0 Å². The van der Waals surface area contributed by atoms with E-state index in [9.17, 15) is 9.59 Å². The number of hydrogen-bond donors (Lipinski definition) is 1. The lowest BCUT2D eigenvalue weighted by Gasteiger charge is -2.23. The molecule has 1 aromatic heterocycles. The van der Waals surface area contributed by atoms with Crippen LogP contribution in [-0.2, 0) is 4.79 Å². The van der Waals surface area contributed by atoms with Crippen molar-refractivity contribution in [3.05, 3.63) is 23.8 Å². The van der Waals surface area contributed by atoms with Crippen molar-refractivity contribution < 1.29 is 14.7 Å². The zero-order valence-corrected chi connectivity index (χ0v) is 11.5. The lowest BCUT2D eigenvalue weighted by atomic mass is 10.2. The maximum absolute atomic E-state index is 12.2. The van der Waals surface area contributed by atoms with Crippen molar-refractivity contribution in [1.29, 1.82) is 0 Å². The van der Waals surface area contributed by atoms with Crippen LogP contribution in [0.4, 0.5) is 0 Å². The largest absolute Gasteiger partial charge is 0.481 e. The monoisotopic (exact) mass is 265 g/mol. The summed E-state index contributed by atoms with van der Waals surface area (Å²) in [4.78, 5) is 32.4. The number of carboxylic acids is 1. The molecule has 1 aromatic rings. The molecule has 1 N–H and O–H groups in total. The lowest BCUT2D eigenvalue weighted by Crippen LogP contribution is -2.36. The van der Waals surface area contributed by atoms with E-state index < -0.39 is 5.97 Å². The maximum Gasteiger partial charge on any atom is 0.305 e. The summed E-state index contributed by atoms with van der Waals surface area (Å²) in [5, 5.41) is 8.72. The zero-order valence-electron chi connectivity index (χ0n) is 11.5. The predicted octanol–water partition coefficient (Wildman–Crippen LogP) is 1.36. The van der Waals surface area contributed by atoms with Crippen LogP contribution in [0.1, 0.15) is 36.5 Å². The molecule has 19 heavy (non-hydrogen) atoms. The number of carboxylic acid groups (broad SMARTS) is 1. The van der Waals surface area contributed by atoms with E-state index in [0.29, 0.717) is 6.54 Å². The number of carbonyl (C=O) groups is 2. The lowest BCUT2D eigenvalue weighted by molar-refractivity contribution is -0.137. The molecule has 1 rings (SSSR count). The highest BCUT2D eigenvalue weighted by atomic mass is 16.4. The Hall–Kier alpha value is -1.98. The second kappa shape index (κ2) is 6.82. The molecule has 0 aliphatic rings. The SMILES string of the molecule is Cc1cnc(C(=O)N(CCC(=O)O)CC(C)C)cn1. The van der Waals surface area contributed by atoms with Crippen molar-refractivity contribution in [3.8, 4) is 0 Å². The Bertz CT molecular complexity index is 443. The fourth-order valence-electron chi connectivity index (χ4n) is 1.61. The summed E-state index contributed by atoms with van der Waals surface area (Å²) in [6.07, 6.45) is 2.88. The molecule has 6 heteroatoms. The van der Waals surface area contributed by atoms with E-state index in [0.717, 1.165) is 5.69 Å². The quantitative estimate of drug-likeness (QED) is 0.839. The van der Waals surface area contributed by atoms with E-state index in [1.165, 1.54) is 17.3 Å². The fraction of sp³-hybridized carbons (Fsp3) is 0.538. The van der Waals surface area contributed by atoms with Gasteiger partial charge in [-0.05, 0) is 12.8 Å². The Morgan fingerprint density at radius 3 is 2.47 bits per heavy atom. The molecular weight excluding hydrogens is 246 g/mol. The van der Waals surface area contributed by atoms with Gasteiger partial charge in [0.05, 0.1) is 18.3 Å². The number of nitrogens with zero attached hydrogens (tertiary/aromatic N) is 3. The maximum atomic E-state index is 12.2. The summed E-state index contributed by atoms with van der Waals surface area (Å²) >= 11 is 0. The Labute approximate surface area is 112 Å². The predicted molar refractivity (Wildman–Crippen MR) is 69.8 cm³/mol. The van der Waals surface area contributed by atoms with Crippen LogP contribution in [0.3, 0.4) is 0 Å². The van der Waals surface area contributed by atoms with E-state index in [2.05, 4.69) is 9.97 Å². The third-order valence-electron chi connectivity index (χ3n) is 2.47. The van der Waals surface area contributed by atoms with Crippen LogP contribution in [0.2, 0.25) is 0 Å². The van der Waals surface area contributed by atoms with Gasteiger partial charge in [0, 0.05) is 19.3 Å². The molecule has 0 saturated carbocycles. The molecule has 0 spiro atoms. The van der Waals surface area contributed by atoms with Gasteiger partial charge in [0.25, 0.3) is 5.91 Å². The summed E-state index contributed by atoms with van der Waals surface area (Å²) in [6, 6.07) is 0. The minimum absolute atomic E-state index is 0.0717. The first kappa shape index (κ1) is 15.1. The number of aryl methyl sites for hydroxylation is 1. The zero-order chi connectivity index (χ0) is 14.4. The van der Waals surface area contributed by atoms with E-state index in [-0.39, 0.29) is 30.5 Å². The van der Waals surface area contributed by atoms with Gasteiger partial charge in [-0.1, -0.05) is 13.8 Å². The molecule has 0 fully saturated rings. The molecule has 104 valence electrons. The van der Waals surface area contributed by atoms with Crippen LogP contribution in [0.25, 0.3) is 0 Å². The van der Waals surface area contributed by atoms with E-state index >= 15 is 0 Å². The van der Waals surface area contributed by atoms with Gasteiger partial charge in [0.1, 0.15) is 5.69 Å². The van der Waals surface area contributed by atoms with Crippen LogP contribution < -0.4 is 0 Å².